The Morgan fingerprint density at radius 2 is 1.78 bits per heavy atom. The molecule has 2 aliphatic heterocycles. The molecule has 3 aromatic rings. The van der Waals surface area contributed by atoms with Crippen LogP contribution in [0.2, 0.25) is 5.02 Å². The van der Waals surface area contributed by atoms with Gasteiger partial charge in [0.05, 0.1) is 18.1 Å². The van der Waals surface area contributed by atoms with Gasteiger partial charge in [-0.3, -0.25) is 14.5 Å². The van der Waals surface area contributed by atoms with Gasteiger partial charge in [-0.15, -0.1) is 0 Å². The molecule has 0 unspecified atom stereocenters. The van der Waals surface area contributed by atoms with Gasteiger partial charge in [-0.05, 0) is 59.7 Å². The fourth-order valence-electron chi connectivity index (χ4n) is 3.78. The molecule has 36 heavy (non-hydrogen) atoms. The fourth-order valence-corrected chi connectivity index (χ4v) is 4.83. The van der Waals surface area contributed by atoms with Crippen molar-refractivity contribution in [1.82, 2.24) is 4.90 Å². The molecular weight excluding hydrogens is 502 g/mol. The fraction of sp³-hybridized carbons (Fsp3) is 0.185. The first-order valence-electron chi connectivity index (χ1n) is 11.3. The lowest BCUT2D eigenvalue weighted by atomic mass is 10.1. The molecule has 5 rings (SSSR count). The van der Waals surface area contributed by atoms with Crippen LogP contribution in [0.5, 0.6) is 23.0 Å². The first kappa shape index (κ1) is 24.1. The first-order chi connectivity index (χ1) is 17.5. The molecule has 3 aromatic carbocycles. The van der Waals surface area contributed by atoms with E-state index in [9.17, 15) is 9.59 Å². The van der Waals surface area contributed by atoms with Gasteiger partial charge in [-0.2, -0.15) is 0 Å². The van der Waals surface area contributed by atoms with E-state index in [0.717, 1.165) is 22.9 Å². The summed E-state index contributed by atoms with van der Waals surface area (Å²) in [6.07, 6.45) is 1.68. The number of carbonyl (C=O) groups excluding carboxylic acids is 2. The van der Waals surface area contributed by atoms with Crippen LogP contribution in [0.15, 0.2) is 65.6 Å². The predicted octanol–water partition coefficient (Wildman–Crippen LogP) is 6.28. The van der Waals surface area contributed by atoms with Gasteiger partial charge in [0.15, 0.2) is 23.0 Å². The number of fused-ring (bicyclic) bond motifs is 1. The number of thioether (sulfide) groups is 1. The van der Waals surface area contributed by atoms with E-state index in [1.807, 2.05) is 43.3 Å². The minimum absolute atomic E-state index is 0.0357. The zero-order valence-electron chi connectivity index (χ0n) is 19.4. The summed E-state index contributed by atoms with van der Waals surface area (Å²) in [6, 6.07) is 18.6. The Labute approximate surface area is 217 Å². The largest absolute Gasteiger partial charge is 0.490 e. The summed E-state index contributed by atoms with van der Waals surface area (Å²) in [6.45, 7) is 2.90. The Hall–Kier alpha value is -3.62. The Morgan fingerprint density at radius 3 is 2.56 bits per heavy atom. The average molecular weight is 524 g/mol. The molecule has 0 radical (unpaired) electrons. The molecule has 7 nitrogen and oxygen atoms in total. The van der Waals surface area contributed by atoms with Crippen LogP contribution < -0.4 is 18.9 Å². The van der Waals surface area contributed by atoms with Crippen LogP contribution in [0.4, 0.5) is 4.79 Å². The number of halogens is 1. The van der Waals surface area contributed by atoms with Crippen LogP contribution in [-0.2, 0) is 17.9 Å². The molecule has 0 N–H and O–H groups in total. The molecule has 1 saturated heterocycles. The van der Waals surface area contributed by atoms with Crippen LogP contribution in [0.1, 0.15) is 23.6 Å². The molecule has 0 aliphatic carbocycles. The van der Waals surface area contributed by atoms with Gasteiger partial charge in [-0.25, -0.2) is 0 Å². The Bertz CT molecular complexity index is 1340. The van der Waals surface area contributed by atoms with Crippen molar-refractivity contribution >= 4 is 40.6 Å². The zero-order valence-corrected chi connectivity index (χ0v) is 20.9. The first-order valence-corrected chi connectivity index (χ1v) is 12.5. The van der Waals surface area contributed by atoms with Crippen molar-refractivity contribution in [2.24, 2.45) is 0 Å². The molecular formula is C27H22ClNO6S. The molecule has 0 spiro atoms. The summed E-state index contributed by atoms with van der Waals surface area (Å²) in [7, 11) is 0. The summed E-state index contributed by atoms with van der Waals surface area (Å²) in [5, 5.41) is 0.0301. The van der Waals surface area contributed by atoms with Crippen molar-refractivity contribution in [3.63, 3.8) is 0 Å². The second-order valence-corrected chi connectivity index (χ2v) is 9.38. The summed E-state index contributed by atoms with van der Waals surface area (Å²) in [5.41, 5.74) is 2.36. The number of rotatable bonds is 8. The monoisotopic (exact) mass is 523 g/mol. The molecule has 9 heteroatoms. The van der Waals surface area contributed by atoms with E-state index >= 15 is 0 Å². The van der Waals surface area contributed by atoms with Crippen LogP contribution in [0.3, 0.4) is 0 Å². The Kier molecular flexibility index (Phi) is 7.06. The molecule has 2 heterocycles. The molecule has 0 atom stereocenters. The second kappa shape index (κ2) is 10.6. The topological polar surface area (TPSA) is 74.3 Å². The van der Waals surface area contributed by atoms with E-state index in [1.54, 1.807) is 30.3 Å². The van der Waals surface area contributed by atoms with Crippen molar-refractivity contribution < 1.29 is 28.5 Å². The third-order valence-electron chi connectivity index (χ3n) is 5.55. The highest BCUT2D eigenvalue weighted by atomic mass is 35.5. The summed E-state index contributed by atoms with van der Waals surface area (Å²) in [5.74, 6) is 1.85. The highest BCUT2D eigenvalue weighted by Crippen LogP contribution is 2.40. The SMILES string of the molecule is CCOc1cc(/C=C2\SC(=O)N(Cc3cc4c(cc3Cl)OCO4)C2=O)ccc1OCc1ccccc1. The van der Waals surface area contributed by atoms with Crippen molar-refractivity contribution in [2.45, 2.75) is 20.1 Å². The quantitative estimate of drug-likeness (QED) is 0.321. The lowest BCUT2D eigenvalue weighted by Gasteiger charge is -2.14. The molecule has 1 fully saturated rings. The van der Waals surface area contributed by atoms with E-state index in [0.29, 0.717) is 51.7 Å². The molecule has 184 valence electrons. The number of carbonyl (C=O) groups is 2. The van der Waals surface area contributed by atoms with Crippen LogP contribution in [0.25, 0.3) is 6.08 Å². The van der Waals surface area contributed by atoms with E-state index < -0.39 is 0 Å². The molecule has 2 aliphatic rings. The smallest absolute Gasteiger partial charge is 0.293 e. The number of hydrogen-bond acceptors (Lipinski definition) is 7. The molecule has 0 aromatic heterocycles. The van der Waals surface area contributed by atoms with E-state index in [1.165, 1.54) is 4.90 Å². The van der Waals surface area contributed by atoms with Gasteiger partial charge >= 0.3 is 0 Å². The maximum absolute atomic E-state index is 13.1. The van der Waals surface area contributed by atoms with Crippen LogP contribution >= 0.6 is 23.4 Å². The normalized spacial score (nSPS) is 15.6. The lowest BCUT2D eigenvalue weighted by Crippen LogP contribution is -2.27. The van der Waals surface area contributed by atoms with Crippen LogP contribution in [-0.4, -0.2) is 29.4 Å². The van der Waals surface area contributed by atoms with Crippen molar-refractivity contribution in [3.8, 4) is 23.0 Å². The number of imide groups is 1. The average Bonchev–Trinajstić information content (AvgIpc) is 3.43. The number of amides is 2. The number of nitrogens with zero attached hydrogens (tertiary/aromatic N) is 1. The van der Waals surface area contributed by atoms with Gasteiger partial charge in [0, 0.05) is 11.1 Å². The van der Waals surface area contributed by atoms with Crippen molar-refractivity contribution in [2.75, 3.05) is 13.4 Å². The second-order valence-electron chi connectivity index (χ2n) is 7.98. The molecule has 0 saturated carbocycles. The van der Waals surface area contributed by atoms with Gasteiger partial charge in [0.1, 0.15) is 6.61 Å². The minimum Gasteiger partial charge on any atom is -0.490 e. The maximum Gasteiger partial charge on any atom is 0.293 e. The van der Waals surface area contributed by atoms with E-state index in [-0.39, 0.29) is 24.5 Å². The third kappa shape index (κ3) is 5.15. The Morgan fingerprint density at radius 1 is 1.00 bits per heavy atom. The number of hydrogen-bond donors (Lipinski definition) is 0. The summed E-state index contributed by atoms with van der Waals surface area (Å²) >= 11 is 7.23. The highest BCUT2D eigenvalue weighted by molar-refractivity contribution is 8.18. The van der Waals surface area contributed by atoms with E-state index in [2.05, 4.69) is 0 Å². The van der Waals surface area contributed by atoms with Gasteiger partial charge in [0.2, 0.25) is 6.79 Å². The Balaban J connectivity index is 1.33. The molecule has 2 amide bonds. The van der Waals surface area contributed by atoms with Gasteiger partial charge < -0.3 is 18.9 Å². The van der Waals surface area contributed by atoms with E-state index in [4.69, 9.17) is 30.5 Å². The standard InChI is InChI=1S/C27H22ClNO6S/c1-2-32-22-10-18(8-9-21(22)33-15-17-6-4-3-5-7-17)11-25-26(30)29(27(31)36-25)14-19-12-23-24(13-20(19)28)35-16-34-23/h3-13H,2,14-16H2,1H3/b25-11-. The van der Waals surface area contributed by atoms with Crippen molar-refractivity contribution in [1.29, 1.82) is 0 Å². The van der Waals surface area contributed by atoms with Crippen LogP contribution in [0, 0.1) is 0 Å². The molecule has 0 bridgehead atoms. The van der Waals surface area contributed by atoms with Crippen molar-refractivity contribution in [3.05, 3.63) is 87.3 Å². The summed E-state index contributed by atoms with van der Waals surface area (Å²) in [4.78, 5) is 27.2. The highest BCUT2D eigenvalue weighted by Gasteiger charge is 2.35. The lowest BCUT2D eigenvalue weighted by molar-refractivity contribution is -0.123. The predicted molar refractivity (Wildman–Crippen MR) is 137 cm³/mol. The maximum atomic E-state index is 13.1. The summed E-state index contributed by atoms with van der Waals surface area (Å²) < 4.78 is 22.4. The van der Waals surface area contributed by atoms with Gasteiger partial charge in [-0.1, -0.05) is 48.0 Å². The van der Waals surface area contributed by atoms with Gasteiger partial charge in [0.25, 0.3) is 11.1 Å². The number of ether oxygens (including phenoxy) is 4. The third-order valence-corrected chi connectivity index (χ3v) is 6.81. The number of benzene rings is 3. The zero-order chi connectivity index (χ0) is 25.1. The minimum atomic E-state index is -0.388.